The van der Waals surface area contributed by atoms with Crippen LogP contribution in [0.5, 0.6) is 0 Å². The van der Waals surface area contributed by atoms with E-state index in [1.807, 2.05) is 12.1 Å². The van der Waals surface area contributed by atoms with Gasteiger partial charge in [-0.15, -0.1) is 0 Å². The van der Waals surface area contributed by atoms with Crippen LogP contribution in [0.1, 0.15) is 49.0 Å². The molecular formula is C15H23NO2. The molecule has 1 N–H and O–H groups in total. The predicted octanol–water partition coefficient (Wildman–Crippen LogP) is 3.40. The van der Waals surface area contributed by atoms with Gasteiger partial charge >= 0.3 is 5.97 Å². The van der Waals surface area contributed by atoms with E-state index >= 15 is 0 Å². The minimum atomic E-state index is -0.868. The highest BCUT2D eigenvalue weighted by Gasteiger charge is 2.12. The molecule has 18 heavy (non-hydrogen) atoms. The average Bonchev–Trinajstić information content (AvgIpc) is 2.36. The van der Waals surface area contributed by atoms with E-state index in [0.717, 1.165) is 18.5 Å². The summed E-state index contributed by atoms with van der Waals surface area (Å²) in [7, 11) is 2.13. The third kappa shape index (κ3) is 4.15. The van der Waals surface area contributed by atoms with Crippen LogP contribution < -0.4 is 0 Å². The van der Waals surface area contributed by atoms with Crippen molar-refractivity contribution in [2.75, 3.05) is 7.05 Å². The maximum absolute atomic E-state index is 10.8. The molecule has 0 aliphatic carbocycles. The molecule has 0 spiro atoms. The molecule has 3 nitrogen and oxygen atoms in total. The van der Waals surface area contributed by atoms with Gasteiger partial charge in [0.1, 0.15) is 0 Å². The SMILES string of the molecule is CCCC(CC)N(C)Cc1ccc(C(=O)O)cc1. The molecule has 0 heterocycles. The van der Waals surface area contributed by atoms with Crippen LogP contribution in [0.15, 0.2) is 24.3 Å². The van der Waals surface area contributed by atoms with Gasteiger partial charge in [0.05, 0.1) is 5.56 Å². The molecule has 1 atom stereocenters. The maximum Gasteiger partial charge on any atom is 0.335 e. The standard InChI is InChI=1S/C15H23NO2/c1-4-6-14(5-2)16(3)11-12-7-9-13(10-8-12)15(17)18/h7-10,14H,4-6,11H2,1-3H3,(H,17,18). The molecule has 0 fully saturated rings. The molecule has 0 aliphatic heterocycles. The molecule has 1 aromatic rings. The first kappa shape index (κ1) is 14.7. The van der Waals surface area contributed by atoms with E-state index in [1.54, 1.807) is 12.1 Å². The van der Waals surface area contributed by atoms with E-state index in [1.165, 1.54) is 12.8 Å². The van der Waals surface area contributed by atoms with Crippen molar-refractivity contribution in [1.29, 1.82) is 0 Å². The fraction of sp³-hybridized carbons (Fsp3) is 0.533. The third-order valence-corrected chi connectivity index (χ3v) is 3.35. The quantitative estimate of drug-likeness (QED) is 0.805. The highest BCUT2D eigenvalue weighted by Crippen LogP contribution is 2.13. The van der Waals surface area contributed by atoms with Crippen molar-refractivity contribution in [2.45, 2.75) is 45.7 Å². The number of aromatic carboxylic acids is 1. The van der Waals surface area contributed by atoms with E-state index < -0.39 is 5.97 Å². The summed E-state index contributed by atoms with van der Waals surface area (Å²) >= 11 is 0. The van der Waals surface area contributed by atoms with Crippen LogP contribution in [0.2, 0.25) is 0 Å². The van der Waals surface area contributed by atoms with Gasteiger partial charge in [-0.05, 0) is 37.6 Å². The first-order valence-electron chi connectivity index (χ1n) is 6.61. The highest BCUT2D eigenvalue weighted by atomic mass is 16.4. The maximum atomic E-state index is 10.8. The largest absolute Gasteiger partial charge is 0.478 e. The Morgan fingerprint density at radius 1 is 1.28 bits per heavy atom. The Kier molecular flexibility index (Phi) is 5.86. The van der Waals surface area contributed by atoms with E-state index in [-0.39, 0.29) is 0 Å². The van der Waals surface area contributed by atoms with Gasteiger partial charge in [0.25, 0.3) is 0 Å². The Morgan fingerprint density at radius 2 is 1.89 bits per heavy atom. The number of rotatable bonds is 7. The highest BCUT2D eigenvalue weighted by molar-refractivity contribution is 5.87. The van der Waals surface area contributed by atoms with Crippen LogP contribution in [0.3, 0.4) is 0 Å². The average molecular weight is 249 g/mol. The molecule has 1 aromatic carbocycles. The number of hydrogen-bond acceptors (Lipinski definition) is 2. The normalized spacial score (nSPS) is 12.7. The second kappa shape index (κ2) is 7.17. The molecular weight excluding hydrogens is 226 g/mol. The van der Waals surface area contributed by atoms with Crippen LogP contribution in [-0.2, 0) is 6.54 Å². The summed E-state index contributed by atoms with van der Waals surface area (Å²) in [6.45, 7) is 5.29. The van der Waals surface area contributed by atoms with E-state index in [2.05, 4.69) is 25.8 Å². The van der Waals surface area contributed by atoms with Gasteiger partial charge in [-0.2, -0.15) is 0 Å². The van der Waals surface area contributed by atoms with Crippen molar-refractivity contribution in [3.8, 4) is 0 Å². The molecule has 100 valence electrons. The predicted molar refractivity (Wildman–Crippen MR) is 73.9 cm³/mol. The molecule has 0 aromatic heterocycles. The summed E-state index contributed by atoms with van der Waals surface area (Å²) in [6.07, 6.45) is 3.55. The zero-order valence-electron chi connectivity index (χ0n) is 11.5. The van der Waals surface area contributed by atoms with Gasteiger partial charge in [-0.25, -0.2) is 4.79 Å². The Hall–Kier alpha value is -1.35. The van der Waals surface area contributed by atoms with Gasteiger partial charge in [0.15, 0.2) is 0 Å². The zero-order chi connectivity index (χ0) is 13.5. The number of benzene rings is 1. The Balaban J connectivity index is 2.63. The summed E-state index contributed by atoms with van der Waals surface area (Å²) in [5, 5.41) is 8.84. The lowest BCUT2D eigenvalue weighted by Gasteiger charge is -2.26. The van der Waals surface area contributed by atoms with Crippen molar-refractivity contribution < 1.29 is 9.90 Å². The molecule has 0 aliphatic rings. The van der Waals surface area contributed by atoms with Gasteiger partial charge in [0, 0.05) is 12.6 Å². The minimum absolute atomic E-state index is 0.349. The minimum Gasteiger partial charge on any atom is -0.478 e. The van der Waals surface area contributed by atoms with Crippen molar-refractivity contribution >= 4 is 5.97 Å². The van der Waals surface area contributed by atoms with Gasteiger partial charge < -0.3 is 5.11 Å². The van der Waals surface area contributed by atoms with Crippen LogP contribution in [0.4, 0.5) is 0 Å². The molecule has 0 amide bonds. The van der Waals surface area contributed by atoms with Crippen molar-refractivity contribution in [3.05, 3.63) is 35.4 Å². The summed E-state index contributed by atoms with van der Waals surface area (Å²) in [5.41, 5.74) is 1.51. The lowest BCUT2D eigenvalue weighted by molar-refractivity contribution is 0.0697. The molecule has 0 saturated carbocycles. The number of hydrogen-bond donors (Lipinski definition) is 1. The number of nitrogens with zero attached hydrogens (tertiary/aromatic N) is 1. The molecule has 0 radical (unpaired) electrons. The van der Waals surface area contributed by atoms with Crippen molar-refractivity contribution in [2.24, 2.45) is 0 Å². The van der Waals surface area contributed by atoms with Crippen LogP contribution in [0.25, 0.3) is 0 Å². The molecule has 1 rings (SSSR count). The smallest absolute Gasteiger partial charge is 0.335 e. The van der Waals surface area contributed by atoms with Crippen LogP contribution in [0, 0.1) is 0 Å². The second-order valence-corrected chi connectivity index (χ2v) is 4.77. The molecule has 0 saturated heterocycles. The van der Waals surface area contributed by atoms with Gasteiger partial charge in [0.2, 0.25) is 0 Å². The lowest BCUT2D eigenvalue weighted by atomic mass is 10.1. The Morgan fingerprint density at radius 3 is 2.33 bits per heavy atom. The molecule has 1 unspecified atom stereocenters. The van der Waals surface area contributed by atoms with Gasteiger partial charge in [-0.1, -0.05) is 32.4 Å². The van der Waals surface area contributed by atoms with Crippen LogP contribution in [-0.4, -0.2) is 29.1 Å². The van der Waals surface area contributed by atoms with Crippen molar-refractivity contribution in [1.82, 2.24) is 4.90 Å². The van der Waals surface area contributed by atoms with Crippen molar-refractivity contribution in [3.63, 3.8) is 0 Å². The van der Waals surface area contributed by atoms with E-state index in [9.17, 15) is 4.79 Å². The topological polar surface area (TPSA) is 40.5 Å². The number of carboxylic acid groups (broad SMARTS) is 1. The third-order valence-electron chi connectivity index (χ3n) is 3.35. The summed E-state index contributed by atoms with van der Waals surface area (Å²) < 4.78 is 0. The first-order chi connectivity index (χ1) is 8.58. The molecule has 0 bridgehead atoms. The monoisotopic (exact) mass is 249 g/mol. The first-order valence-corrected chi connectivity index (χ1v) is 6.61. The zero-order valence-corrected chi connectivity index (χ0v) is 11.5. The Bertz CT molecular complexity index is 373. The summed E-state index contributed by atoms with van der Waals surface area (Å²) in [5.74, 6) is -0.868. The van der Waals surface area contributed by atoms with E-state index in [0.29, 0.717) is 11.6 Å². The molecule has 3 heteroatoms. The number of carboxylic acids is 1. The Labute approximate surface area is 109 Å². The lowest BCUT2D eigenvalue weighted by Crippen LogP contribution is -2.30. The van der Waals surface area contributed by atoms with Crippen LogP contribution >= 0.6 is 0 Å². The second-order valence-electron chi connectivity index (χ2n) is 4.77. The summed E-state index contributed by atoms with van der Waals surface area (Å²) in [4.78, 5) is 13.1. The fourth-order valence-corrected chi connectivity index (χ4v) is 2.24. The number of carbonyl (C=O) groups is 1. The fourth-order valence-electron chi connectivity index (χ4n) is 2.24. The van der Waals surface area contributed by atoms with E-state index in [4.69, 9.17) is 5.11 Å². The summed E-state index contributed by atoms with van der Waals surface area (Å²) in [6, 6.07) is 7.75. The van der Waals surface area contributed by atoms with Gasteiger partial charge in [-0.3, -0.25) is 4.90 Å².